The van der Waals surface area contributed by atoms with Gasteiger partial charge in [0, 0.05) is 13.2 Å². The number of halogens is 3. The van der Waals surface area contributed by atoms with E-state index >= 15 is 0 Å². The molecule has 6 heteroatoms. The lowest BCUT2D eigenvalue weighted by Crippen LogP contribution is -2.32. The van der Waals surface area contributed by atoms with Gasteiger partial charge in [0.25, 0.3) is 0 Å². The molecule has 1 aromatic carbocycles. The number of carbonyl (C=O) groups is 1. The average molecular weight is 287 g/mol. The Hall–Kier alpha value is -1.56. The lowest BCUT2D eigenvalue weighted by Gasteiger charge is -2.11. The van der Waals surface area contributed by atoms with E-state index in [4.69, 9.17) is 4.74 Å². The minimum absolute atomic E-state index is 0.0616. The van der Waals surface area contributed by atoms with Gasteiger partial charge in [0.1, 0.15) is 0 Å². The van der Waals surface area contributed by atoms with Crippen LogP contribution >= 0.6 is 0 Å². The molecule has 1 aliphatic rings. The van der Waals surface area contributed by atoms with Gasteiger partial charge >= 0.3 is 6.18 Å². The van der Waals surface area contributed by atoms with E-state index in [0.717, 1.165) is 31.6 Å². The van der Waals surface area contributed by atoms with Crippen LogP contribution in [0, 0.1) is 0 Å². The van der Waals surface area contributed by atoms with Crippen molar-refractivity contribution in [1.29, 1.82) is 0 Å². The second-order valence-electron chi connectivity index (χ2n) is 4.81. The third kappa shape index (κ3) is 4.23. The number of rotatable bonds is 4. The molecular formula is C14H16F3NO2. The third-order valence-corrected chi connectivity index (χ3v) is 3.20. The summed E-state index contributed by atoms with van der Waals surface area (Å²) in [4.78, 5) is 11.7. The molecule has 1 atom stereocenters. The van der Waals surface area contributed by atoms with Crippen LogP contribution in [0.4, 0.5) is 13.2 Å². The van der Waals surface area contributed by atoms with E-state index in [1.54, 1.807) is 0 Å². The van der Waals surface area contributed by atoms with Crippen LogP contribution in [0.1, 0.15) is 24.0 Å². The molecule has 1 fully saturated rings. The van der Waals surface area contributed by atoms with Gasteiger partial charge in [0.15, 0.2) is 0 Å². The summed E-state index contributed by atoms with van der Waals surface area (Å²) in [5.74, 6) is -0.208. The molecule has 1 N–H and O–H groups in total. The first kappa shape index (κ1) is 14.8. The summed E-state index contributed by atoms with van der Waals surface area (Å²) in [6.45, 7) is 1.18. The Balaban J connectivity index is 1.81. The number of hydrogen-bond acceptors (Lipinski definition) is 2. The highest BCUT2D eigenvalue weighted by molar-refractivity contribution is 5.78. The van der Waals surface area contributed by atoms with Crippen LogP contribution in [0.25, 0.3) is 0 Å². The van der Waals surface area contributed by atoms with Gasteiger partial charge in [-0.05, 0) is 30.5 Å². The molecule has 3 nitrogen and oxygen atoms in total. The summed E-state index contributed by atoms with van der Waals surface area (Å²) in [5, 5.41) is 2.73. The van der Waals surface area contributed by atoms with Crippen molar-refractivity contribution in [3.8, 4) is 0 Å². The molecule has 1 amide bonds. The van der Waals surface area contributed by atoms with E-state index in [1.165, 1.54) is 12.1 Å². The zero-order valence-corrected chi connectivity index (χ0v) is 10.9. The van der Waals surface area contributed by atoms with Crippen LogP contribution in [-0.4, -0.2) is 25.2 Å². The Morgan fingerprint density at radius 1 is 1.30 bits per heavy atom. The van der Waals surface area contributed by atoms with Crippen LogP contribution in [0.3, 0.4) is 0 Å². The van der Waals surface area contributed by atoms with Gasteiger partial charge in [-0.15, -0.1) is 0 Å². The van der Waals surface area contributed by atoms with Crippen molar-refractivity contribution in [3.63, 3.8) is 0 Å². The van der Waals surface area contributed by atoms with Crippen LogP contribution in [-0.2, 0) is 22.1 Å². The van der Waals surface area contributed by atoms with E-state index in [0.29, 0.717) is 12.1 Å². The summed E-state index contributed by atoms with van der Waals surface area (Å²) >= 11 is 0. The van der Waals surface area contributed by atoms with Crippen molar-refractivity contribution < 1.29 is 22.7 Å². The van der Waals surface area contributed by atoms with Crippen molar-refractivity contribution in [1.82, 2.24) is 5.32 Å². The molecule has 1 unspecified atom stereocenters. The lowest BCUT2D eigenvalue weighted by atomic mass is 10.1. The van der Waals surface area contributed by atoms with Gasteiger partial charge in [0.2, 0.25) is 5.91 Å². The predicted molar refractivity (Wildman–Crippen MR) is 67.1 cm³/mol. The van der Waals surface area contributed by atoms with Gasteiger partial charge in [0.05, 0.1) is 18.1 Å². The Bertz CT molecular complexity index is 450. The molecule has 1 saturated heterocycles. The van der Waals surface area contributed by atoms with Gasteiger partial charge in [-0.2, -0.15) is 13.2 Å². The number of hydrogen-bond donors (Lipinski definition) is 1. The largest absolute Gasteiger partial charge is 0.416 e. The SMILES string of the molecule is O=C(Cc1ccc(C(F)(F)F)cc1)NCC1CCCO1. The van der Waals surface area contributed by atoms with Gasteiger partial charge in [-0.3, -0.25) is 4.79 Å². The minimum atomic E-state index is -4.35. The monoisotopic (exact) mass is 287 g/mol. The first-order chi connectivity index (χ1) is 9.45. The van der Waals surface area contributed by atoms with Crippen molar-refractivity contribution in [3.05, 3.63) is 35.4 Å². The first-order valence-corrected chi connectivity index (χ1v) is 6.49. The van der Waals surface area contributed by atoms with Crippen molar-refractivity contribution >= 4 is 5.91 Å². The number of nitrogens with one attached hydrogen (secondary N) is 1. The predicted octanol–water partition coefficient (Wildman–Crippen LogP) is 2.54. The summed E-state index contributed by atoms with van der Waals surface area (Å²) in [6.07, 6.45) is -2.28. The Labute approximate surface area is 115 Å². The maximum Gasteiger partial charge on any atom is 0.416 e. The summed E-state index contributed by atoms with van der Waals surface area (Å²) in [6, 6.07) is 4.63. The van der Waals surface area contributed by atoms with E-state index < -0.39 is 11.7 Å². The quantitative estimate of drug-likeness (QED) is 0.924. The highest BCUT2D eigenvalue weighted by Crippen LogP contribution is 2.29. The molecule has 0 spiro atoms. The molecule has 0 bridgehead atoms. The summed E-state index contributed by atoms with van der Waals surface area (Å²) < 4.78 is 42.5. The van der Waals surface area contributed by atoms with Crippen LogP contribution in [0.5, 0.6) is 0 Å². The van der Waals surface area contributed by atoms with Gasteiger partial charge in [-0.1, -0.05) is 12.1 Å². The number of ether oxygens (including phenoxy) is 1. The molecule has 2 rings (SSSR count). The zero-order valence-electron chi connectivity index (χ0n) is 10.9. The molecule has 110 valence electrons. The smallest absolute Gasteiger partial charge is 0.376 e. The number of amides is 1. The Kier molecular flexibility index (Phi) is 4.65. The molecule has 0 saturated carbocycles. The molecule has 1 aliphatic heterocycles. The van der Waals surface area contributed by atoms with Crippen molar-refractivity contribution in [2.45, 2.75) is 31.5 Å². The maximum absolute atomic E-state index is 12.4. The van der Waals surface area contributed by atoms with E-state index in [-0.39, 0.29) is 18.4 Å². The number of benzene rings is 1. The fourth-order valence-corrected chi connectivity index (χ4v) is 2.09. The average Bonchev–Trinajstić information content (AvgIpc) is 2.89. The summed E-state index contributed by atoms with van der Waals surface area (Å²) in [5.41, 5.74) is -0.149. The van der Waals surface area contributed by atoms with Crippen LogP contribution < -0.4 is 5.32 Å². The van der Waals surface area contributed by atoms with Gasteiger partial charge in [-0.25, -0.2) is 0 Å². The fraction of sp³-hybridized carbons (Fsp3) is 0.500. The van der Waals surface area contributed by atoms with E-state index in [1.807, 2.05) is 0 Å². The molecule has 0 aliphatic carbocycles. The van der Waals surface area contributed by atoms with Crippen molar-refractivity contribution in [2.75, 3.05) is 13.2 Å². The molecule has 0 aromatic heterocycles. The summed E-state index contributed by atoms with van der Waals surface area (Å²) in [7, 11) is 0. The van der Waals surface area contributed by atoms with E-state index in [2.05, 4.69) is 5.32 Å². The van der Waals surface area contributed by atoms with Gasteiger partial charge < -0.3 is 10.1 Å². The normalized spacial score (nSPS) is 19.1. The van der Waals surface area contributed by atoms with Crippen molar-refractivity contribution in [2.24, 2.45) is 0 Å². The highest BCUT2D eigenvalue weighted by Gasteiger charge is 2.29. The maximum atomic E-state index is 12.4. The number of alkyl halides is 3. The molecule has 1 aromatic rings. The minimum Gasteiger partial charge on any atom is -0.376 e. The first-order valence-electron chi connectivity index (χ1n) is 6.49. The Morgan fingerprint density at radius 3 is 2.55 bits per heavy atom. The standard InChI is InChI=1S/C14H16F3NO2/c15-14(16,17)11-5-3-10(4-6-11)8-13(19)18-9-12-2-1-7-20-12/h3-6,12H,1-2,7-9H2,(H,18,19). The Morgan fingerprint density at radius 2 is 2.00 bits per heavy atom. The number of carbonyl (C=O) groups excluding carboxylic acids is 1. The topological polar surface area (TPSA) is 38.3 Å². The fourth-order valence-electron chi connectivity index (χ4n) is 2.09. The second-order valence-corrected chi connectivity index (χ2v) is 4.81. The third-order valence-electron chi connectivity index (χ3n) is 3.20. The highest BCUT2D eigenvalue weighted by atomic mass is 19.4. The molecule has 0 radical (unpaired) electrons. The zero-order chi connectivity index (χ0) is 14.6. The second kappa shape index (κ2) is 6.26. The molecule has 1 heterocycles. The van der Waals surface area contributed by atoms with E-state index in [9.17, 15) is 18.0 Å². The lowest BCUT2D eigenvalue weighted by molar-refractivity contribution is -0.137. The molecule has 20 heavy (non-hydrogen) atoms. The molecular weight excluding hydrogens is 271 g/mol. The van der Waals surface area contributed by atoms with Crippen LogP contribution in [0.15, 0.2) is 24.3 Å². The van der Waals surface area contributed by atoms with Crippen LogP contribution in [0.2, 0.25) is 0 Å².